The molecule has 1 aromatic carbocycles. The van der Waals surface area contributed by atoms with Crippen molar-refractivity contribution in [3.8, 4) is 0 Å². The number of hydrogen-bond donors (Lipinski definition) is 0. The highest BCUT2D eigenvalue weighted by atomic mass is 14.3. The minimum Gasteiger partial charge on any atom is -0.0961 e. The van der Waals surface area contributed by atoms with Gasteiger partial charge in [-0.1, -0.05) is 93.8 Å². The van der Waals surface area contributed by atoms with Crippen LogP contribution in [0, 0.1) is 6.92 Å². The maximum Gasteiger partial charge on any atom is 0.0168 e. The van der Waals surface area contributed by atoms with Gasteiger partial charge in [-0.3, -0.25) is 0 Å². The van der Waals surface area contributed by atoms with Crippen LogP contribution in [-0.2, 0) is 5.41 Å². The van der Waals surface area contributed by atoms with Crippen LogP contribution in [0.3, 0.4) is 0 Å². The van der Waals surface area contributed by atoms with Gasteiger partial charge in [0.15, 0.2) is 0 Å². The summed E-state index contributed by atoms with van der Waals surface area (Å²) in [5, 5.41) is 0. The van der Waals surface area contributed by atoms with E-state index in [1.54, 1.807) is 0 Å². The quantitative estimate of drug-likeness (QED) is 0.376. The lowest BCUT2D eigenvalue weighted by atomic mass is 9.72. The molecule has 0 aliphatic heterocycles. The molecule has 1 aromatic rings. The lowest BCUT2D eigenvalue weighted by Gasteiger charge is -2.32. The van der Waals surface area contributed by atoms with Crippen molar-refractivity contribution >= 4 is 0 Å². The van der Waals surface area contributed by atoms with E-state index >= 15 is 0 Å². The third kappa shape index (κ3) is 5.04. The van der Waals surface area contributed by atoms with Gasteiger partial charge in [0.1, 0.15) is 0 Å². The molecule has 1 unspecified atom stereocenters. The number of rotatable bonds is 8. The van der Waals surface area contributed by atoms with Crippen LogP contribution in [0.25, 0.3) is 0 Å². The zero-order valence-electron chi connectivity index (χ0n) is 14.2. The molecule has 0 aromatic heterocycles. The van der Waals surface area contributed by atoms with Crippen LogP contribution in [0.15, 0.2) is 60.7 Å². The Morgan fingerprint density at radius 1 is 1.10 bits per heavy atom. The summed E-state index contributed by atoms with van der Waals surface area (Å²) in [5.74, 6) is 0. The van der Waals surface area contributed by atoms with Gasteiger partial charge in [-0.25, -0.2) is 0 Å². The monoisotopic (exact) mass is 282 g/mol. The fourth-order valence-electron chi connectivity index (χ4n) is 2.57. The van der Waals surface area contributed by atoms with Crippen molar-refractivity contribution in [1.29, 1.82) is 0 Å². The van der Waals surface area contributed by atoms with E-state index in [-0.39, 0.29) is 5.41 Å². The first-order valence-electron chi connectivity index (χ1n) is 8.00. The average molecular weight is 282 g/mol. The molecule has 0 spiro atoms. The summed E-state index contributed by atoms with van der Waals surface area (Å²) < 4.78 is 0. The topological polar surface area (TPSA) is 0 Å². The van der Waals surface area contributed by atoms with E-state index in [1.807, 2.05) is 6.92 Å². The van der Waals surface area contributed by atoms with E-state index in [9.17, 15) is 0 Å². The number of benzene rings is 1. The lowest BCUT2D eigenvalue weighted by Crippen LogP contribution is -2.23. The number of unbranched alkanes of at least 4 members (excludes halogenated alkanes) is 2. The highest BCUT2D eigenvalue weighted by molar-refractivity contribution is 5.41. The molecule has 0 nitrogen and oxygen atoms in total. The Morgan fingerprint density at radius 3 is 2.24 bits per heavy atom. The second-order valence-electron chi connectivity index (χ2n) is 6.36. The summed E-state index contributed by atoms with van der Waals surface area (Å²) in [6.07, 6.45) is 9.10. The molecule has 1 atom stereocenters. The van der Waals surface area contributed by atoms with E-state index < -0.39 is 0 Å². The molecule has 0 saturated carbocycles. The Labute approximate surface area is 131 Å². The van der Waals surface area contributed by atoms with Crippen molar-refractivity contribution < 1.29 is 0 Å². The Bertz CT molecular complexity index is 501. The van der Waals surface area contributed by atoms with Crippen LogP contribution in [-0.4, -0.2) is 0 Å². The van der Waals surface area contributed by atoms with Crippen LogP contribution >= 0.6 is 0 Å². The molecule has 0 heteroatoms. The molecule has 0 saturated heterocycles. The van der Waals surface area contributed by atoms with E-state index in [2.05, 4.69) is 70.3 Å². The average Bonchev–Trinajstić information content (AvgIpc) is 2.45. The second-order valence-corrected chi connectivity index (χ2v) is 6.36. The van der Waals surface area contributed by atoms with E-state index in [4.69, 9.17) is 0 Å². The maximum atomic E-state index is 4.35. The molecule has 0 amide bonds. The summed E-state index contributed by atoms with van der Waals surface area (Å²) in [6.45, 7) is 17.0. The van der Waals surface area contributed by atoms with Crippen molar-refractivity contribution in [2.75, 3.05) is 0 Å². The fourth-order valence-corrected chi connectivity index (χ4v) is 2.57. The summed E-state index contributed by atoms with van der Waals surface area (Å²) in [6, 6.07) is 8.90. The Hall–Kier alpha value is -1.56. The summed E-state index contributed by atoms with van der Waals surface area (Å²) in [7, 11) is 0. The molecular formula is C21H30. The molecule has 0 aliphatic rings. The van der Waals surface area contributed by atoms with Gasteiger partial charge < -0.3 is 0 Å². The fraction of sp³-hybridized carbons (Fsp3) is 0.429. The van der Waals surface area contributed by atoms with E-state index in [0.29, 0.717) is 0 Å². The van der Waals surface area contributed by atoms with Gasteiger partial charge in [-0.2, -0.15) is 0 Å². The molecule has 0 heterocycles. The predicted octanol–water partition coefficient (Wildman–Crippen LogP) is 6.52. The zero-order chi connectivity index (χ0) is 15.9. The SMILES string of the molecule is C=C(C)/C=C\C(=C)C(C)(CCCCC)c1ccc(C)cc1. The predicted molar refractivity (Wildman–Crippen MR) is 95.8 cm³/mol. The number of aryl methyl sites for hydroxylation is 1. The first kappa shape index (κ1) is 17.5. The van der Waals surface area contributed by atoms with Gasteiger partial charge in [0.25, 0.3) is 0 Å². The third-order valence-corrected chi connectivity index (χ3v) is 4.25. The molecule has 114 valence electrons. The molecule has 0 fully saturated rings. The highest BCUT2D eigenvalue weighted by Crippen LogP contribution is 2.37. The van der Waals surface area contributed by atoms with E-state index in [0.717, 1.165) is 12.0 Å². The van der Waals surface area contributed by atoms with E-state index in [1.165, 1.54) is 36.0 Å². The first-order valence-corrected chi connectivity index (χ1v) is 8.00. The van der Waals surface area contributed by atoms with Gasteiger partial charge in [-0.15, -0.1) is 0 Å². The largest absolute Gasteiger partial charge is 0.0961 e. The minimum atomic E-state index is 0.00875. The molecule has 0 radical (unpaired) electrons. The lowest BCUT2D eigenvalue weighted by molar-refractivity contribution is 0.483. The van der Waals surface area contributed by atoms with Crippen molar-refractivity contribution in [3.05, 3.63) is 71.8 Å². The minimum absolute atomic E-state index is 0.00875. The maximum absolute atomic E-state index is 4.35. The third-order valence-electron chi connectivity index (χ3n) is 4.25. The Balaban J connectivity index is 3.06. The number of hydrogen-bond acceptors (Lipinski definition) is 0. The van der Waals surface area contributed by atoms with Gasteiger partial charge in [0.05, 0.1) is 0 Å². The first-order chi connectivity index (χ1) is 9.90. The molecule has 0 bridgehead atoms. The Kier molecular flexibility index (Phi) is 6.68. The standard InChI is InChI=1S/C21H30/c1-7-8-9-16-21(6,19(5)13-10-17(2)3)20-14-11-18(4)12-15-20/h10-15H,2,5,7-9,16H2,1,3-4,6H3/b13-10-. The van der Waals surface area contributed by atoms with Crippen LogP contribution < -0.4 is 0 Å². The van der Waals surface area contributed by atoms with Gasteiger partial charge >= 0.3 is 0 Å². The normalized spacial score (nSPS) is 14.1. The van der Waals surface area contributed by atoms with Gasteiger partial charge in [0.2, 0.25) is 0 Å². The van der Waals surface area contributed by atoms with Crippen molar-refractivity contribution in [2.45, 2.75) is 58.8 Å². The van der Waals surface area contributed by atoms with Gasteiger partial charge in [-0.05, 0) is 31.4 Å². The van der Waals surface area contributed by atoms with Crippen LogP contribution in [0.4, 0.5) is 0 Å². The molecule has 0 aliphatic carbocycles. The molecule has 0 N–H and O–H groups in total. The molecular weight excluding hydrogens is 252 g/mol. The number of allylic oxidation sites excluding steroid dienone is 4. The zero-order valence-corrected chi connectivity index (χ0v) is 14.2. The van der Waals surface area contributed by atoms with Crippen LogP contribution in [0.5, 0.6) is 0 Å². The molecule has 1 rings (SSSR count). The van der Waals surface area contributed by atoms with Crippen LogP contribution in [0.2, 0.25) is 0 Å². The Morgan fingerprint density at radius 2 is 1.71 bits per heavy atom. The molecule has 21 heavy (non-hydrogen) atoms. The van der Waals surface area contributed by atoms with Gasteiger partial charge in [0, 0.05) is 5.41 Å². The second kappa shape index (κ2) is 8.02. The van der Waals surface area contributed by atoms with Crippen molar-refractivity contribution in [2.24, 2.45) is 0 Å². The highest BCUT2D eigenvalue weighted by Gasteiger charge is 2.27. The van der Waals surface area contributed by atoms with Crippen molar-refractivity contribution in [1.82, 2.24) is 0 Å². The van der Waals surface area contributed by atoms with Crippen molar-refractivity contribution in [3.63, 3.8) is 0 Å². The summed E-state index contributed by atoms with van der Waals surface area (Å²) in [4.78, 5) is 0. The smallest absolute Gasteiger partial charge is 0.0168 e. The van der Waals surface area contributed by atoms with Crippen LogP contribution in [0.1, 0.15) is 57.6 Å². The summed E-state index contributed by atoms with van der Waals surface area (Å²) >= 11 is 0. The summed E-state index contributed by atoms with van der Waals surface area (Å²) in [5.41, 5.74) is 4.91.